The van der Waals surface area contributed by atoms with Crippen molar-refractivity contribution < 1.29 is 28.4 Å². The quantitative estimate of drug-likeness (QED) is 0.248. The predicted octanol–water partition coefficient (Wildman–Crippen LogP) is 6.98. The van der Waals surface area contributed by atoms with Gasteiger partial charge in [0.25, 0.3) is 0 Å². The smallest absolute Gasteiger partial charge is 0.204 e. The molecule has 6 bridgehead atoms. The van der Waals surface area contributed by atoms with Crippen LogP contribution in [0.1, 0.15) is 39.4 Å². The van der Waals surface area contributed by atoms with Crippen molar-refractivity contribution in [3.05, 3.63) is 94.0 Å². The first-order valence-corrected chi connectivity index (χ1v) is 15.3. The molecule has 0 aromatic heterocycles. The summed E-state index contributed by atoms with van der Waals surface area (Å²) < 4.78 is 36.8. The molecule has 0 unspecified atom stereocenters. The Morgan fingerprint density at radius 2 is 1.47 bits per heavy atom. The second-order valence-corrected chi connectivity index (χ2v) is 11.7. The van der Waals surface area contributed by atoms with Crippen molar-refractivity contribution in [2.24, 2.45) is 4.99 Å². The normalized spacial score (nSPS) is 17.1. The Hall–Kier alpha value is -4.69. The van der Waals surface area contributed by atoms with Crippen molar-refractivity contribution in [3.8, 4) is 46.0 Å². The standard InChI is InChI=1S/C37H38N2O6/c1-39-15-13-25-20-34(42-4)36(43-5)37-35(25)29(39)17-23-8-11-30(40-2)32(18-23)44-26-9-6-22(7-10-26)16-28-27-21-33(45-37)31(41-3)19-24(27)12-14-38-28/h6-11,18-21,29H,12-17H2,1-5H3/t29-/m1/s1. The van der Waals surface area contributed by atoms with E-state index in [4.69, 9.17) is 33.4 Å². The monoisotopic (exact) mass is 606 g/mol. The highest BCUT2D eigenvalue weighted by atomic mass is 16.5. The number of methoxy groups -OCH3 is 4. The number of hydrogen-bond acceptors (Lipinski definition) is 8. The molecule has 4 aromatic rings. The third-order valence-corrected chi connectivity index (χ3v) is 9.13. The molecule has 0 saturated heterocycles. The Kier molecular flexibility index (Phi) is 7.75. The zero-order valence-electron chi connectivity index (χ0n) is 26.4. The molecule has 45 heavy (non-hydrogen) atoms. The molecular weight excluding hydrogens is 568 g/mol. The van der Waals surface area contributed by atoms with Gasteiger partial charge in [-0.15, -0.1) is 0 Å². The number of fused-ring (bicyclic) bond motifs is 2. The minimum atomic E-state index is -0.0105. The minimum Gasteiger partial charge on any atom is -0.493 e. The van der Waals surface area contributed by atoms with E-state index >= 15 is 0 Å². The van der Waals surface area contributed by atoms with Crippen LogP contribution in [0.3, 0.4) is 0 Å². The summed E-state index contributed by atoms with van der Waals surface area (Å²) in [5.41, 5.74) is 7.78. The lowest BCUT2D eigenvalue weighted by Crippen LogP contribution is -2.34. The summed E-state index contributed by atoms with van der Waals surface area (Å²) in [7, 11) is 8.83. The van der Waals surface area contributed by atoms with Gasteiger partial charge in [-0.25, -0.2) is 0 Å². The molecule has 1 atom stereocenters. The van der Waals surface area contributed by atoms with E-state index in [1.807, 2.05) is 18.2 Å². The van der Waals surface area contributed by atoms with Crippen molar-refractivity contribution in [3.63, 3.8) is 0 Å². The van der Waals surface area contributed by atoms with Crippen LogP contribution in [-0.4, -0.2) is 59.2 Å². The SMILES string of the molecule is COc1ccc2cc1Oc1ccc(cc1)CC1=NCCc3cc(OC)c(cc31)Oc1c(OC)c(OC)cc3c1[C@@H](C2)N(C)CC3. The van der Waals surface area contributed by atoms with Crippen LogP contribution in [0.4, 0.5) is 0 Å². The van der Waals surface area contributed by atoms with Gasteiger partial charge in [0.05, 0.1) is 28.4 Å². The van der Waals surface area contributed by atoms with Gasteiger partial charge in [0, 0.05) is 42.4 Å². The molecule has 8 nitrogen and oxygen atoms in total. The molecule has 0 fully saturated rings. The molecule has 0 saturated carbocycles. The molecule has 0 aliphatic carbocycles. The van der Waals surface area contributed by atoms with Crippen molar-refractivity contribution in [1.29, 1.82) is 0 Å². The first kappa shape index (κ1) is 29.0. The molecule has 4 aliphatic heterocycles. The fourth-order valence-electron chi connectivity index (χ4n) is 6.75. The van der Waals surface area contributed by atoms with E-state index in [2.05, 4.69) is 54.4 Å². The first-order valence-electron chi connectivity index (χ1n) is 15.3. The average molecular weight is 607 g/mol. The fraction of sp³-hybridized carbons (Fsp3) is 0.324. The van der Waals surface area contributed by atoms with E-state index in [0.717, 1.165) is 59.6 Å². The zero-order chi connectivity index (χ0) is 31.1. The molecule has 0 radical (unpaired) electrons. The molecule has 4 aromatic carbocycles. The lowest BCUT2D eigenvalue weighted by Gasteiger charge is -2.37. The number of aliphatic imine (C=N–C) groups is 1. The highest BCUT2D eigenvalue weighted by Gasteiger charge is 2.34. The van der Waals surface area contributed by atoms with E-state index in [-0.39, 0.29) is 6.04 Å². The molecule has 0 amide bonds. The molecule has 4 heterocycles. The van der Waals surface area contributed by atoms with E-state index in [1.54, 1.807) is 28.4 Å². The topological polar surface area (TPSA) is 71.0 Å². The van der Waals surface area contributed by atoms with Crippen LogP contribution < -0.4 is 28.4 Å². The minimum absolute atomic E-state index is 0.0105. The van der Waals surface area contributed by atoms with Crippen LogP contribution in [0.5, 0.6) is 46.0 Å². The number of rotatable bonds is 4. The van der Waals surface area contributed by atoms with Crippen molar-refractivity contribution in [2.75, 3.05) is 48.6 Å². The van der Waals surface area contributed by atoms with Crippen LogP contribution in [0, 0.1) is 0 Å². The first-order chi connectivity index (χ1) is 22.0. The third-order valence-electron chi connectivity index (χ3n) is 9.13. The van der Waals surface area contributed by atoms with Gasteiger partial charge in [0.2, 0.25) is 5.75 Å². The molecule has 0 spiro atoms. The summed E-state index contributed by atoms with van der Waals surface area (Å²) in [6, 6.07) is 20.6. The van der Waals surface area contributed by atoms with Crippen LogP contribution >= 0.6 is 0 Å². The molecule has 8 heteroatoms. The zero-order valence-corrected chi connectivity index (χ0v) is 26.4. The highest BCUT2D eigenvalue weighted by Crippen LogP contribution is 2.51. The summed E-state index contributed by atoms with van der Waals surface area (Å²) in [4.78, 5) is 7.34. The van der Waals surface area contributed by atoms with E-state index in [0.29, 0.717) is 53.1 Å². The summed E-state index contributed by atoms with van der Waals surface area (Å²) in [5.74, 6) is 5.22. The molecule has 0 N–H and O–H groups in total. The lowest BCUT2D eigenvalue weighted by atomic mass is 9.87. The van der Waals surface area contributed by atoms with Gasteiger partial charge in [-0.3, -0.25) is 9.89 Å². The molecule has 232 valence electrons. The van der Waals surface area contributed by atoms with Crippen molar-refractivity contribution in [1.82, 2.24) is 4.90 Å². The number of benzene rings is 4. The maximum atomic E-state index is 6.96. The maximum absolute atomic E-state index is 6.96. The van der Waals surface area contributed by atoms with E-state index in [9.17, 15) is 0 Å². The number of hydrogen-bond donors (Lipinski definition) is 0. The van der Waals surface area contributed by atoms with Crippen LogP contribution in [0.15, 0.2) is 65.7 Å². The largest absolute Gasteiger partial charge is 0.493 e. The Balaban J connectivity index is 1.47. The van der Waals surface area contributed by atoms with E-state index < -0.39 is 0 Å². The van der Waals surface area contributed by atoms with Gasteiger partial charge in [0.15, 0.2) is 34.5 Å². The van der Waals surface area contributed by atoms with Gasteiger partial charge < -0.3 is 28.4 Å². The van der Waals surface area contributed by atoms with E-state index in [1.165, 1.54) is 11.1 Å². The lowest BCUT2D eigenvalue weighted by molar-refractivity contribution is 0.221. The van der Waals surface area contributed by atoms with Gasteiger partial charge in [-0.2, -0.15) is 0 Å². The average Bonchev–Trinajstić information content (AvgIpc) is 3.06. The number of nitrogens with zero attached hydrogens (tertiary/aromatic N) is 2. The third kappa shape index (κ3) is 5.33. The number of ether oxygens (including phenoxy) is 6. The summed E-state index contributed by atoms with van der Waals surface area (Å²) in [6.45, 7) is 1.62. The van der Waals surface area contributed by atoms with Gasteiger partial charge in [-0.05, 0) is 91.0 Å². The Labute approximate surface area is 264 Å². The summed E-state index contributed by atoms with van der Waals surface area (Å²) in [5, 5.41) is 0. The van der Waals surface area contributed by atoms with Crippen LogP contribution in [-0.2, 0) is 25.7 Å². The second kappa shape index (κ2) is 12.0. The highest BCUT2D eigenvalue weighted by molar-refractivity contribution is 6.04. The van der Waals surface area contributed by atoms with Crippen molar-refractivity contribution >= 4 is 5.71 Å². The number of likely N-dealkylation sites (N-methyl/N-ethyl adjacent to an activating group) is 1. The Morgan fingerprint density at radius 1 is 0.733 bits per heavy atom. The second-order valence-electron chi connectivity index (χ2n) is 11.7. The van der Waals surface area contributed by atoms with Gasteiger partial charge >= 0.3 is 0 Å². The Bertz CT molecular complexity index is 1780. The Morgan fingerprint density at radius 3 is 2.22 bits per heavy atom. The molecule has 4 aliphatic rings. The van der Waals surface area contributed by atoms with Crippen LogP contribution in [0.2, 0.25) is 0 Å². The van der Waals surface area contributed by atoms with Gasteiger partial charge in [0.1, 0.15) is 5.75 Å². The fourth-order valence-corrected chi connectivity index (χ4v) is 6.75. The maximum Gasteiger partial charge on any atom is 0.204 e. The van der Waals surface area contributed by atoms with Crippen LogP contribution in [0.25, 0.3) is 0 Å². The summed E-state index contributed by atoms with van der Waals surface area (Å²) >= 11 is 0. The molecule has 8 rings (SSSR count). The summed E-state index contributed by atoms with van der Waals surface area (Å²) in [6.07, 6.45) is 3.09. The van der Waals surface area contributed by atoms with Gasteiger partial charge in [-0.1, -0.05) is 18.2 Å². The van der Waals surface area contributed by atoms with Crippen molar-refractivity contribution in [2.45, 2.75) is 31.7 Å². The predicted molar refractivity (Wildman–Crippen MR) is 174 cm³/mol. The molecular formula is C37H38N2O6.